The van der Waals surface area contributed by atoms with Gasteiger partial charge in [0.15, 0.2) is 0 Å². The van der Waals surface area contributed by atoms with Crippen LogP contribution in [0.5, 0.6) is 0 Å². The van der Waals surface area contributed by atoms with Gasteiger partial charge in [0, 0.05) is 23.7 Å². The molecule has 0 saturated heterocycles. The molecule has 6 nitrogen and oxygen atoms in total. The maximum Gasteiger partial charge on any atom is 0.261 e. The van der Waals surface area contributed by atoms with Gasteiger partial charge in [-0.25, -0.2) is 8.42 Å². The Labute approximate surface area is 149 Å². The first-order valence-electron chi connectivity index (χ1n) is 7.36. The van der Waals surface area contributed by atoms with Crippen molar-refractivity contribution in [1.29, 1.82) is 0 Å². The number of carbonyl (C=O) groups is 1. The first-order chi connectivity index (χ1) is 11.9. The second-order valence-electron chi connectivity index (χ2n) is 5.64. The number of hydrogen-bond acceptors (Lipinski definition) is 4. The standard InChI is InChI=1S/C17H12ClN3O3S/c1-21-14-7-6-13(16-15(14)12(17(21)22)8-9-19-16)20-25(23,24)11-4-2-10(18)3-5-11/h2-9,20H,1H3. The first kappa shape index (κ1) is 15.9. The number of nitrogens with zero attached hydrogens (tertiary/aromatic N) is 2. The van der Waals surface area contributed by atoms with Crippen LogP contribution in [0.3, 0.4) is 0 Å². The Morgan fingerprint density at radius 3 is 2.52 bits per heavy atom. The van der Waals surface area contributed by atoms with Crippen LogP contribution in [0, 0.1) is 0 Å². The predicted octanol–water partition coefficient (Wildman–Crippen LogP) is 3.28. The van der Waals surface area contributed by atoms with Crippen LogP contribution in [0.1, 0.15) is 10.4 Å². The van der Waals surface area contributed by atoms with E-state index in [0.29, 0.717) is 32.9 Å². The Hall–Kier alpha value is -2.64. The van der Waals surface area contributed by atoms with Crippen LogP contribution in [0.15, 0.2) is 53.6 Å². The average molecular weight is 374 g/mol. The van der Waals surface area contributed by atoms with E-state index in [9.17, 15) is 13.2 Å². The Morgan fingerprint density at radius 1 is 1.08 bits per heavy atom. The number of pyridine rings is 1. The molecule has 1 amide bonds. The molecule has 0 saturated carbocycles. The summed E-state index contributed by atoms with van der Waals surface area (Å²) in [4.78, 5) is 18.2. The number of hydrogen-bond donors (Lipinski definition) is 1. The molecule has 0 fully saturated rings. The van der Waals surface area contributed by atoms with Gasteiger partial charge in [0.05, 0.1) is 27.4 Å². The zero-order valence-electron chi connectivity index (χ0n) is 13.0. The second kappa shape index (κ2) is 5.44. The van der Waals surface area contributed by atoms with Crippen LogP contribution in [0.25, 0.3) is 10.9 Å². The van der Waals surface area contributed by atoms with E-state index in [1.807, 2.05) is 0 Å². The van der Waals surface area contributed by atoms with Crippen LogP contribution in [0.2, 0.25) is 5.02 Å². The molecule has 0 spiro atoms. The summed E-state index contributed by atoms with van der Waals surface area (Å²) in [5, 5.41) is 1.10. The van der Waals surface area contributed by atoms with Gasteiger partial charge in [-0.05, 0) is 42.5 Å². The molecule has 126 valence electrons. The molecule has 2 aromatic carbocycles. The highest BCUT2D eigenvalue weighted by atomic mass is 35.5. The van der Waals surface area contributed by atoms with Gasteiger partial charge in [-0.3, -0.25) is 14.5 Å². The van der Waals surface area contributed by atoms with Crippen molar-refractivity contribution in [3.63, 3.8) is 0 Å². The molecule has 0 radical (unpaired) electrons. The largest absolute Gasteiger partial charge is 0.311 e. The third-order valence-electron chi connectivity index (χ3n) is 4.13. The van der Waals surface area contributed by atoms with Crippen molar-refractivity contribution >= 4 is 49.8 Å². The van der Waals surface area contributed by atoms with Crippen LogP contribution in [-0.4, -0.2) is 26.4 Å². The lowest BCUT2D eigenvalue weighted by molar-refractivity contribution is 0.0999. The summed E-state index contributed by atoms with van der Waals surface area (Å²) in [6, 6.07) is 10.8. The minimum Gasteiger partial charge on any atom is -0.311 e. The molecule has 2 heterocycles. The van der Waals surface area contributed by atoms with Gasteiger partial charge < -0.3 is 4.90 Å². The number of amides is 1. The van der Waals surface area contributed by atoms with Crippen LogP contribution in [0.4, 0.5) is 11.4 Å². The first-order valence-corrected chi connectivity index (χ1v) is 9.23. The van der Waals surface area contributed by atoms with Gasteiger partial charge in [0.1, 0.15) is 0 Å². The van der Waals surface area contributed by atoms with E-state index < -0.39 is 10.0 Å². The Kier molecular flexibility index (Phi) is 3.45. The number of anilines is 2. The SMILES string of the molecule is CN1C(=O)c2ccnc3c(NS(=O)(=O)c4ccc(Cl)cc4)ccc1c23. The Bertz CT molecular complexity index is 1130. The quantitative estimate of drug-likeness (QED) is 0.764. The fourth-order valence-corrected chi connectivity index (χ4v) is 4.09. The highest BCUT2D eigenvalue weighted by Gasteiger charge is 2.29. The molecule has 1 aromatic heterocycles. The molecule has 3 aromatic rings. The van der Waals surface area contributed by atoms with Crippen molar-refractivity contribution in [2.24, 2.45) is 0 Å². The maximum atomic E-state index is 12.6. The van der Waals surface area contributed by atoms with E-state index in [1.165, 1.54) is 35.4 Å². The minimum atomic E-state index is -3.80. The van der Waals surface area contributed by atoms with Gasteiger partial charge in [0.2, 0.25) is 0 Å². The number of aromatic nitrogens is 1. The van der Waals surface area contributed by atoms with E-state index in [4.69, 9.17) is 11.6 Å². The molecular weight excluding hydrogens is 362 g/mol. The monoisotopic (exact) mass is 373 g/mol. The number of rotatable bonds is 3. The smallest absolute Gasteiger partial charge is 0.261 e. The molecule has 0 unspecified atom stereocenters. The average Bonchev–Trinajstić information content (AvgIpc) is 2.84. The lowest BCUT2D eigenvalue weighted by atomic mass is 10.1. The summed E-state index contributed by atoms with van der Waals surface area (Å²) in [6.45, 7) is 0. The van der Waals surface area contributed by atoms with Crippen molar-refractivity contribution in [2.75, 3.05) is 16.7 Å². The van der Waals surface area contributed by atoms with Gasteiger partial charge in [-0.1, -0.05) is 11.6 Å². The third kappa shape index (κ3) is 2.43. The molecule has 4 rings (SSSR count). The van der Waals surface area contributed by atoms with Crippen LogP contribution in [-0.2, 0) is 10.0 Å². The molecule has 0 aliphatic carbocycles. The van der Waals surface area contributed by atoms with Gasteiger partial charge >= 0.3 is 0 Å². The highest BCUT2D eigenvalue weighted by molar-refractivity contribution is 7.92. The van der Waals surface area contributed by atoms with E-state index in [-0.39, 0.29) is 10.8 Å². The van der Waals surface area contributed by atoms with Crippen molar-refractivity contribution in [3.05, 3.63) is 59.2 Å². The van der Waals surface area contributed by atoms with Crippen molar-refractivity contribution in [2.45, 2.75) is 4.90 Å². The molecule has 0 atom stereocenters. The van der Waals surface area contributed by atoms with Crippen LogP contribution < -0.4 is 9.62 Å². The van der Waals surface area contributed by atoms with E-state index in [0.717, 1.165) is 0 Å². The summed E-state index contributed by atoms with van der Waals surface area (Å²) < 4.78 is 27.8. The fraction of sp³-hybridized carbons (Fsp3) is 0.0588. The highest BCUT2D eigenvalue weighted by Crippen LogP contribution is 2.39. The van der Waals surface area contributed by atoms with Crippen molar-refractivity contribution in [1.82, 2.24) is 4.98 Å². The summed E-state index contributed by atoms with van der Waals surface area (Å²) in [6.07, 6.45) is 1.50. The summed E-state index contributed by atoms with van der Waals surface area (Å²) >= 11 is 5.81. The number of halogens is 1. The van der Waals surface area contributed by atoms with Crippen molar-refractivity contribution in [3.8, 4) is 0 Å². The van der Waals surface area contributed by atoms with E-state index >= 15 is 0 Å². The third-order valence-corrected chi connectivity index (χ3v) is 5.77. The maximum absolute atomic E-state index is 12.6. The molecule has 1 aliphatic heterocycles. The van der Waals surface area contributed by atoms with E-state index in [1.54, 1.807) is 25.2 Å². The lowest BCUT2D eigenvalue weighted by Gasteiger charge is -2.13. The minimum absolute atomic E-state index is 0.0911. The van der Waals surface area contributed by atoms with Gasteiger partial charge in [-0.15, -0.1) is 0 Å². The van der Waals surface area contributed by atoms with Gasteiger partial charge in [0.25, 0.3) is 15.9 Å². The van der Waals surface area contributed by atoms with Gasteiger partial charge in [-0.2, -0.15) is 0 Å². The molecule has 0 bridgehead atoms. The number of nitrogens with one attached hydrogen (secondary N) is 1. The molecule has 8 heteroatoms. The number of carbonyl (C=O) groups excluding carboxylic acids is 1. The fourth-order valence-electron chi connectivity index (χ4n) is 2.90. The lowest BCUT2D eigenvalue weighted by Crippen LogP contribution is -2.20. The number of sulfonamides is 1. The zero-order chi connectivity index (χ0) is 17.8. The topological polar surface area (TPSA) is 79.4 Å². The normalized spacial score (nSPS) is 13.5. The second-order valence-corrected chi connectivity index (χ2v) is 7.76. The van der Waals surface area contributed by atoms with Crippen molar-refractivity contribution < 1.29 is 13.2 Å². The Balaban J connectivity index is 1.84. The summed E-state index contributed by atoms with van der Waals surface area (Å²) in [7, 11) is -2.13. The molecular formula is C17H12ClN3O3S. The summed E-state index contributed by atoms with van der Waals surface area (Å²) in [5.74, 6) is -0.139. The molecule has 1 aliphatic rings. The zero-order valence-corrected chi connectivity index (χ0v) is 14.6. The van der Waals surface area contributed by atoms with E-state index in [2.05, 4.69) is 9.71 Å². The number of benzene rings is 2. The molecule has 25 heavy (non-hydrogen) atoms. The van der Waals surface area contributed by atoms with Crippen LogP contribution >= 0.6 is 11.6 Å². The summed E-state index contributed by atoms with van der Waals surface area (Å²) in [5.41, 5.74) is 1.97. The predicted molar refractivity (Wildman–Crippen MR) is 96.7 cm³/mol. The molecule has 1 N–H and O–H groups in total. The Morgan fingerprint density at radius 2 is 1.80 bits per heavy atom.